The van der Waals surface area contributed by atoms with Gasteiger partial charge in [-0.3, -0.25) is 52.9 Å². The maximum atomic E-state index is 14.3. The highest BCUT2D eigenvalue weighted by molar-refractivity contribution is 5.99. The molecule has 1 aliphatic rings. The van der Waals surface area contributed by atoms with Crippen LogP contribution in [0.5, 0.6) is 0 Å². The van der Waals surface area contributed by atoms with Gasteiger partial charge in [0.25, 0.3) is 0 Å². The van der Waals surface area contributed by atoms with Crippen LogP contribution in [0.15, 0.2) is 47.5 Å². The SMILES string of the molecule is CCC[C@H](NC(=O)[C@@H](NC(=O)[C@@H](CC(C)C)NC(=O)[C@H](Cc1cccc2ccccc12)NC(=O)CNC(=O)CN(C)C(C)=O)[C@@H](C)O)C(=O)N[C@H](C(=O)N[C@@H](CCCN=C(N)N)C(=O)N1CCC[C@H]1C(=O)NCC)[C@@H](C)CC. The molecule has 3 rings (SSSR count). The van der Waals surface area contributed by atoms with Crippen molar-refractivity contribution in [3.8, 4) is 0 Å². The molecule has 10 amide bonds. The van der Waals surface area contributed by atoms with Crippen molar-refractivity contribution in [3.05, 3.63) is 48.0 Å². The number of rotatable bonds is 31. The second kappa shape index (κ2) is 32.4. The van der Waals surface area contributed by atoms with E-state index in [0.717, 1.165) is 15.7 Å². The second-order valence-corrected chi connectivity index (χ2v) is 20.3. The van der Waals surface area contributed by atoms with Crippen LogP contribution < -0.4 is 54.0 Å². The number of nitrogens with one attached hydrogen (secondary N) is 8. The molecule has 1 fully saturated rings. The number of fused-ring (bicyclic) bond motifs is 1. The van der Waals surface area contributed by atoms with Crippen molar-refractivity contribution in [3.63, 3.8) is 0 Å². The number of carbonyl (C=O) groups excluding carboxylic acids is 10. The minimum atomic E-state index is -1.65. The number of aliphatic hydroxyl groups is 1. The third kappa shape index (κ3) is 20.5. The lowest BCUT2D eigenvalue weighted by molar-refractivity contribution is -0.142. The molecule has 13 N–H and O–H groups in total. The maximum Gasteiger partial charge on any atom is 0.245 e. The number of likely N-dealkylation sites (N-methyl/N-ethyl adjacent to an activating group) is 2. The quantitative estimate of drug-likeness (QED) is 0.0254. The zero-order valence-electron chi connectivity index (χ0n) is 46.7. The van der Waals surface area contributed by atoms with E-state index in [1.165, 1.54) is 25.8 Å². The summed E-state index contributed by atoms with van der Waals surface area (Å²) in [7, 11) is 1.43. The Morgan fingerprint density at radius 3 is 1.97 bits per heavy atom. The number of carbonyl (C=O) groups is 10. The van der Waals surface area contributed by atoms with Gasteiger partial charge in [0, 0.05) is 40.0 Å². The fourth-order valence-corrected chi connectivity index (χ4v) is 8.93. The molecular weight excluding hydrogens is 1010 g/mol. The van der Waals surface area contributed by atoms with Gasteiger partial charge in [0.1, 0.15) is 42.3 Å². The molecule has 1 saturated heterocycles. The molecule has 0 bridgehead atoms. The van der Waals surface area contributed by atoms with Crippen LogP contribution >= 0.6 is 0 Å². The fourth-order valence-electron chi connectivity index (χ4n) is 8.93. The second-order valence-electron chi connectivity index (χ2n) is 20.3. The van der Waals surface area contributed by atoms with Crippen molar-refractivity contribution in [2.75, 3.05) is 39.8 Å². The van der Waals surface area contributed by atoms with E-state index in [4.69, 9.17) is 11.5 Å². The predicted octanol–water partition coefficient (Wildman–Crippen LogP) is -0.661. The third-order valence-corrected chi connectivity index (χ3v) is 13.5. The topological polar surface area (TPSA) is 358 Å². The lowest BCUT2D eigenvalue weighted by atomic mass is 9.96. The van der Waals surface area contributed by atoms with Gasteiger partial charge in [-0.05, 0) is 80.5 Å². The number of likely N-dealkylation sites (tertiary alicyclic amines) is 1. The van der Waals surface area contributed by atoms with Gasteiger partial charge in [-0.2, -0.15) is 0 Å². The Kier molecular flexibility index (Phi) is 27.0. The first-order valence-corrected chi connectivity index (χ1v) is 27.0. The molecule has 0 aromatic heterocycles. The van der Waals surface area contributed by atoms with E-state index in [0.29, 0.717) is 50.8 Å². The Hall–Kier alpha value is -7.37. The molecule has 24 nitrogen and oxygen atoms in total. The highest BCUT2D eigenvalue weighted by Crippen LogP contribution is 2.22. The van der Waals surface area contributed by atoms with Crippen LogP contribution in [0.4, 0.5) is 0 Å². The molecular formula is C54H85N13O11. The summed E-state index contributed by atoms with van der Waals surface area (Å²) in [6, 6.07) is 4.37. The summed E-state index contributed by atoms with van der Waals surface area (Å²) in [4.78, 5) is 142. The highest BCUT2D eigenvalue weighted by Gasteiger charge is 2.40. The number of nitrogens with two attached hydrogens (primary N) is 2. The van der Waals surface area contributed by atoms with Crippen LogP contribution in [-0.2, 0) is 54.4 Å². The van der Waals surface area contributed by atoms with Crippen LogP contribution in [0.1, 0.15) is 112 Å². The van der Waals surface area contributed by atoms with Gasteiger partial charge < -0.3 is 68.9 Å². The van der Waals surface area contributed by atoms with Crippen molar-refractivity contribution in [2.45, 2.75) is 162 Å². The zero-order chi connectivity index (χ0) is 58.2. The Morgan fingerprint density at radius 1 is 0.731 bits per heavy atom. The molecule has 9 atom stereocenters. The standard InChI is InChI=1S/C54H85N13O11/c1-10-18-38(47(72)64-45(32(6)11-2)51(76)62-39(23-16-25-58-54(55)56)53(78)67-26-17-24-42(67)50(75)57-12-3)61-52(77)46(33(7)68)65-49(74)40(27-31(4)5)63-48(73)41(28-36-21-15-20-35-19-13-14-22-37(35)36)60-43(70)29-59-44(71)30-66(9)34(8)69/h13-15,19-22,31-33,38-42,45-46,68H,10-12,16-18,23-30H2,1-9H3,(H,57,75)(H,59,71)(H,60,70)(H,61,77)(H,62,76)(H,63,73)(H,64,72)(H,65,74)(H4,55,56,58)/t32-,33+,38-,39-,40+,41-,42-,45-,46-/m0/s1. The number of hydrogen-bond donors (Lipinski definition) is 11. The highest BCUT2D eigenvalue weighted by atomic mass is 16.3. The summed E-state index contributed by atoms with van der Waals surface area (Å²) in [6.07, 6.45) is 0.780. The van der Waals surface area contributed by atoms with Crippen molar-refractivity contribution >= 4 is 75.8 Å². The molecule has 2 aromatic rings. The van der Waals surface area contributed by atoms with Gasteiger partial charge in [-0.15, -0.1) is 0 Å². The summed E-state index contributed by atoms with van der Waals surface area (Å²) in [5, 5.41) is 34.1. The number of nitrogens with zero attached hydrogens (tertiary/aromatic N) is 3. The van der Waals surface area contributed by atoms with Crippen LogP contribution in [0.3, 0.4) is 0 Å². The average Bonchev–Trinajstić information content (AvgIpc) is 3.89. The first-order valence-electron chi connectivity index (χ1n) is 27.0. The number of hydrogen-bond acceptors (Lipinski definition) is 12. The Balaban J connectivity index is 1.85. The van der Waals surface area contributed by atoms with E-state index in [9.17, 15) is 53.1 Å². The number of guanidine groups is 1. The molecule has 1 aliphatic heterocycles. The Labute approximate surface area is 457 Å². The van der Waals surface area contributed by atoms with E-state index in [1.54, 1.807) is 46.8 Å². The van der Waals surface area contributed by atoms with Gasteiger partial charge >= 0.3 is 0 Å². The minimum Gasteiger partial charge on any atom is -0.391 e. The molecule has 2 aromatic carbocycles. The molecule has 432 valence electrons. The zero-order valence-corrected chi connectivity index (χ0v) is 46.7. The summed E-state index contributed by atoms with van der Waals surface area (Å²) in [6.45, 7) is 13.3. The van der Waals surface area contributed by atoms with E-state index >= 15 is 0 Å². The summed E-state index contributed by atoms with van der Waals surface area (Å²) >= 11 is 0. The van der Waals surface area contributed by atoms with E-state index in [1.807, 2.05) is 37.3 Å². The van der Waals surface area contributed by atoms with E-state index in [-0.39, 0.29) is 62.5 Å². The normalized spacial score (nSPS) is 16.1. The van der Waals surface area contributed by atoms with Gasteiger partial charge in [-0.1, -0.05) is 89.9 Å². The maximum absolute atomic E-state index is 14.3. The largest absolute Gasteiger partial charge is 0.391 e. The first kappa shape index (κ1) is 64.9. The molecule has 78 heavy (non-hydrogen) atoms. The smallest absolute Gasteiger partial charge is 0.245 e. The van der Waals surface area contributed by atoms with Crippen LogP contribution in [0, 0.1) is 11.8 Å². The lowest BCUT2D eigenvalue weighted by Crippen LogP contribution is -2.62. The summed E-state index contributed by atoms with van der Waals surface area (Å²) in [5.41, 5.74) is 11.7. The number of aliphatic imine (C=N–C) groups is 1. The van der Waals surface area contributed by atoms with Crippen molar-refractivity contribution in [1.29, 1.82) is 0 Å². The van der Waals surface area contributed by atoms with Crippen molar-refractivity contribution < 1.29 is 53.1 Å². The van der Waals surface area contributed by atoms with Crippen LogP contribution in [-0.4, -0.2) is 168 Å². The number of benzene rings is 2. The van der Waals surface area contributed by atoms with Crippen LogP contribution in [0.25, 0.3) is 10.8 Å². The molecule has 0 spiro atoms. The van der Waals surface area contributed by atoms with Crippen molar-refractivity contribution in [1.82, 2.24) is 52.3 Å². The Morgan fingerprint density at radius 2 is 1.35 bits per heavy atom. The van der Waals surface area contributed by atoms with Gasteiger partial charge in [0.05, 0.1) is 19.2 Å². The molecule has 0 radical (unpaired) electrons. The summed E-state index contributed by atoms with van der Waals surface area (Å²) < 4.78 is 0. The van der Waals surface area contributed by atoms with Gasteiger partial charge in [0.2, 0.25) is 59.1 Å². The molecule has 1 heterocycles. The van der Waals surface area contributed by atoms with E-state index < -0.39 is 108 Å². The van der Waals surface area contributed by atoms with Crippen LogP contribution in [0.2, 0.25) is 0 Å². The van der Waals surface area contributed by atoms with E-state index in [2.05, 4.69) is 47.5 Å². The molecule has 24 heteroatoms. The fraction of sp³-hybridized carbons (Fsp3) is 0.611. The van der Waals surface area contributed by atoms with Gasteiger partial charge in [0.15, 0.2) is 5.96 Å². The summed E-state index contributed by atoms with van der Waals surface area (Å²) in [5.74, 6) is -7.30. The molecule has 0 aliphatic carbocycles. The molecule has 0 saturated carbocycles. The van der Waals surface area contributed by atoms with Gasteiger partial charge in [-0.25, -0.2) is 0 Å². The monoisotopic (exact) mass is 1090 g/mol. The minimum absolute atomic E-state index is 0.0350. The lowest BCUT2D eigenvalue weighted by Gasteiger charge is -2.31. The third-order valence-electron chi connectivity index (χ3n) is 13.5. The molecule has 0 unspecified atom stereocenters. The number of amides is 10. The average molecular weight is 1090 g/mol. The number of aliphatic hydroxyl groups excluding tert-OH is 1. The Bertz CT molecular complexity index is 2430. The predicted molar refractivity (Wildman–Crippen MR) is 294 cm³/mol. The van der Waals surface area contributed by atoms with Crippen molar-refractivity contribution in [2.24, 2.45) is 28.3 Å². The first-order chi connectivity index (χ1) is 36.9.